The van der Waals surface area contributed by atoms with E-state index in [4.69, 9.17) is 5.73 Å². The molecule has 0 fully saturated rings. The van der Waals surface area contributed by atoms with Crippen molar-refractivity contribution in [1.29, 1.82) is 0 Å². The monoisotopic (exact) mass is 268 g/mol. The standard InChI is InChI=1S/C14H12N4S/c1-9-11(15)7-12-14(17-9)18-13(8-16-12)19-10-5-3-2-4-6-10/h2-8H,15H2,1H3. The quantitative estimate of drug-likeness (QED) is 0.773. The molecule has 94 valence electrons. The van der Waals surface area contributed by atoms with Gasteiger partial charge in [0.25, 0.3) is 0 Å². The van der Waals surface area contributed by atoms with Crippen LogP contribution in [-0.4, -0.2) is 15.0 Å². The fourth-order valence-corrected chi connectivity index (χ4v) is 2.46. The van der Waals surface area contributed by atoms with Crippen LogP contribution in [0.2, 0.25) is 0 Å². The zero-order chi connectivity index (χ0) is 13.2. The van der Waals surface area contributed by atoms with E-state index in [2.05, 4.69) is 15.0 Å². The second-order valence-corrected chi connectivity index (χ2v) is 5.22. The summed E-state index contributed by atoms with van der Waals surface area (Å²) in [7, 11) is 0. The molecule has 4 nitrogen and oxygen atoms in total. The molecular weight excluding hydrogens is 256 g/mol. The number of aromatic nitrogens is 3. The van der Waals surface area contributed by atoms with Crippen LogP contribution < -0.4 is 5.73 Å². The van der Waals surface area contributed by atoms with E-state index >= 15 is 0 Å². The van der Waals surface area contributed by atoms with Gasteiger partial charge in [-0.2, -0.15) is 0 Å². The molecule has 5 heteroatoms. The summed E-state index contributed by atoms with van der Waals surface area (Å²) < 4.78 is 0. The second kappa shape index (κ2) is 4.85. The van der Waals surface area contributed by atoms with E-state index in [9.17, 15) is 0 Å². The van der Waals surface area contributed by atoms with Crippen LogP contribution in [0.3, 0.4) is 0 Å². The Balaban J connectivity index is 2.00. The van der Waals surface area contributed by atoms with Gasteiger partial charge in [-0.1, -0.05) is 30.0 Å². The molecule has 0 saturated carbocycles. The Morgan fingerprint density at radius 3 is 2.68 bits per heavy atom. The summed E-state index contributed by atoms with van der Waals surface area (Å²) in [6, 6.07) is 11.9. The minimum Gasteiger partial charge on any atom is -0.397 e. The van der Waals surface area contributed by atoms with Crippen LogP contribution in [-0.2, 0) is 0 Å². The van der Waals surface area contributed by atoms with Gasteiger partial charge in [0.1, 0.15) is 10.5 Å². The minimum atomic E-state index is 0.632. The molecular formula is C14H12N4S. The molecule has 0 unspecified atom stereocenters. The molecule has 0 spiro atoms. The number of benzene rings is 1. The molecule has 0 bridgehead atoms. The van der Waals surface area contributed by atoms with Crippen molar-refractivity contribution in [2.45, 2.75) is 16.8 Å². The average Bonchev–Trinajstić information content (AvgIpc) is 2.42. The third-order valence-corrected chi connectivity index (χ3v) is 3.62. The van der Waals surface area contributed by atoms with Gasteiger partial charge in [0, 0.05) is 4.90 Å². The van der Waals surface area contributed by atoms with Crippen molar-refractivity contribution in [1.82, 2.24) is 15.0 Å². The molecule has 1 aromatic carbocycles. The topological polar surface area (TPSA) is 64.7 Å². The summed E-state index contributed by atoms with van der Waals surface area (Å²) in [5.41, 5.74) is 8.59. The number of hydrogen-bond acceptors (Lipinski definition) is 5. The van der Waals surface area contributed by atoms with E-state index in [1.54, 1.807) is 18.0 Å². The van der Waals surface area contributed by atoms with Crippen molar-refractivity contribution in [2.24, 2.45) is 0 Å². The Kier molecular flexibility index (Phi) is 3.05. The van der Waals surface area contributed by atoms with Crippen molar-refractivity contribution >= 4 is 28.6 Å². The highest BCUT2D eigenvalue weighted by Gasteiger charge is 2.05. The van der Waals surface area contributed by atoms with Gasteiger partial charge in [-0.05, 0) is 25.1 Å². The van der Waals surface area contributed by atoms with Crippen molar-refractivity contribution in [3.63, 3.8) is 0 Å². The molecule has 2 heterocycles. The Morgan fingerprint density at radius 2 is 1.89 bits per heavy atom. The first-order valence-corrected chi connectivity index (χ1v) is 6.67. The maximum atomic E-state index is 5.81. The van der Waals surface area contributed by atoms with E-state index in [0.717, 1.165) is 21.1 Å². The Hall–Kier alpha value is -2.14. The van der Waals surface area contributed by atoms with Crippen LogP contribution in [0.15, 0.2) is 52.5 Å². The lowest BCUT2D eigenvalue weighted by atomic mass is 10.3. The highest BCUT2D eigenvalue weighted by Crippen LogP contribution is 2.26. The number of rotatable bonds is 2. The van der Waals surface area contributed by atoms with Crippen LogP contribution >= 0.6 is 11.8 Å². The zero-order valence-corrected chi connectivity index (χ0v) is 11.2. The number of hydrogen-bond donors (Lipinski definition) is 1. The number of nitrogen functional groups attached to an aromatic ring is 1. The smallest absolute Gasteiger partial charge is 0.179 e. The fourth-order valence-electron chi connectivity index (χ4n) is 1.69. The van der Waals surface area contributed by atoms with Gasteiger partial charge in [0.2, 0.25) is 0 Å². The van der Waals surface area contributed by atoms with Crippen LogP contribution in [0.1, 0.15) is 5.69 Å². The average molecular weight is 268 g/mol. The first-order valence-electron chi connectivity index (χ1n) is 5.85. The highest BCUT2D eigenvalue weighted by molar-refractivity contribution is 7.99. The maximum absolute atomic E-state index is 5.81. The van der Waals surface area contributed by atoms with Gasteiger partial charge in [0.15, 0.2) is 5.65 Å². The van der Waals surface area contributed by atoms with Crippen molar-refractivity contribution < 1.29 is 0 Å². The molecule has 2 aromatic heterocycles. The number of nitrogens with zero attached hydrogens (tertiary/aromatic N) is 3. The maximum Gasteiger partial charge on any atom is 0.179 e. The summed E-state index contributed by atoms with van der Waals surface area (Å²) in [6.07, 6.45) is 1.75. The number of pyridine rings is 1. The Bertz CT molecular complexity index is 728. The third kappa shape index (κ3) is 2.51. The lowest BCUT2D eigenvalue weighted by Crippen LogP contribution is -1.97. The second-order valence-electron chi connectivity index (χ2n) is 4.13. The molecule has 19 heavy (non-hydrogen) atoms. The van der Waals surface area contributed by atoms with Crippen LogP contribution in [0, 0.1) is 6.92 Å². The number of anilines is 1. The van der Waals surface area contributed by atoms with Crippen molar-refractivity contribution in [3.8, 4) is 0 Å². The van der Waals surface area contributed by atoms with Crippen LogP contribution in [0.25, 0.3) is 11.2 Å². The fraction of sp³-hybridized carbons (Fsp3) is 0.0714. The van der Waals surface area contributed by atoms with Gasteiger partial charge in [-0.15, -0.1) is 0 Å². The molecule has 0 amide bonds. The van der Waals surface area contributed by atoms with Gasteiger partial charge in [0.05, 0.1) is 17.6 Å². The molecule has 0 atom stereocenters. The predicted molar refractivity (Wildman–Crippen MR) is 77.0 cm³/mol. The number of fused-ring (bicyclic) bond motifs is 1. The number of nitrogens with two attached hydrogens (primary N) is 1. The Morgan fingerprint density at radius 1 is 1.11 bits per heavy atom. The molecule has 0 radical (unpaired) electrons. The first-order chi connectivity index (χ1) is 9.22. The van der Waals surface area contributed by atoms with E-state index in [-0.39, 0.29) is 0 Å². The van der Waals surface area contributed by atoms with Crippen LogP contribution in [0.5, 0.6) is 0 Å². The Labute approximate surface area is 115 Å². The summed E-state index contributed by atoms with van der Waals surface area (Å²) in [5, 5.41) is 0.829. The van der Waals surface area contributed by atoms with Crippen molar-refractivity contribution in [2.75, 3.05) is 5.73 Å². The molecule has 0 saturated heterocycles. The normalized spacial score (nSPS) is 10.8. The van der Waals surface area contributed by atoms with E-state index in [1.165, 1.54) is 0 Å². The molecule has 3 aromatic rings. The molecule has 2 N–H and O–H groups in total. The molecule has 3 rings (SSSR count). The summed E-state index contributed by atoms with van der Waals surface area (Å²) in [5.74, 6) is 0. The number of aryl methyl sites for hydroxylation is 1. The largest absolute Gasteiger partial charge is 0.397 e. The van der Waals surface area contributed by atoms with Gasteiger partial charge >= 0.3 is 0 Å². The van der Waals surface area contributed by atoms with Gasteiger partial charge in [-0.25, -0.2) is 15.0 Å². The third-order valence-electron chi connectivity index (χ3n) is 2.71. The summed E-state index contributed by atoms with van der Waals surface area (Å²) >= 11 is 1.57. The van der Waals surface area contributed by atoms with Gasteiger partial charge in [-0.3, -0.25) is 0 Å². The lowest BCUT2D eigenvalue weighted by Gasteiger charge is -2.04. The lowest BCUT2D eigenvalue weighted by molar-refractivity contribution is 1.07. The van der Waals surface area contributed by atoms with E-state index < -0.39 is 0 Å². The zero-order valence-electron chi connectivity index (χ0n) is 10.4. The molecule has 0 aliphatic rings. The predicted octanol–water partition coefficient (Wildman–Crippen LogP) is 3.07. The first kappa shape index (κ1) is 11.9. The van der Waals surface area contributed by atoms with Crippen LogP contribution in [0.4, 0.5) is 5.69 Å². The highest BCUT2D eigenvalue weighted by atomic mass is 32.2. The van der Waals surface area contributed by atoms with Gasteiger partial charge < -0.3 is 5.73 Å². The summed E-state index contributed by atoms with van der Waals surface area (Å²) in [6.45, 7) is 1.87. The summed E-state index contributed by atoms with van der Waals surface area (Å²) in [4.78, 5) is 14.4. The van der Waals surface area contributed by atoms with E-state index in [1.807, 2.05) is 43.3 Å². The van der Waals surface area contributed by atoms with Crippen molar-refractivity contribution in [3.05, 3.63) is 48.3 Å². The molecule has 0 aliphatic heterocycles. The molecule has 0 aliphatic carbocycles. The van der Waals surface area contributed by atoms with E-state index in [0.29, 0.717) is 11.3 Å². The minimum absolute atomic E-state index is 0.632. The SMILES string of the molecule is Cc1nc2nc(Sc3ccccc3)cnc2cc1N.